The molecule has 0 fully saturated rings. The van der Waals surface area contributed by atoms with Crippen LogP contribution in [0.3, 0.4) is 0 Å². The molecule has 0 spiro atoms. The normalized spacial score (nSPS) is 14.7. The van der Waals surface area contributed by atoms with Crippen LogP contribution in [-0.2, 0) is 0 Å². The molecule has 0 aliphatic carbocycles. The van der Waals surface area contributed by atoms with Gasteiger partial charge in [-0.1, -0.05) is 19.1 Å². The lowest BCUT2D eigenvalue weighted by Gasteiger charge is -2.11. The van der Waals surface area contributed by atoms with E-state index in [9.17, 15) is 0 Å². The fourth-order valence-electron chi connectivity index (χ4n) is 1.46. The van der Waals surface area contributed by atoms with Gasteiger partial charge in [-0.3, -0.25) is 0 Å². The highest BCUT2D eigenvalue weighted by Gasteiger charge is 2.19. The number of halogens is 1. The summed E-state index contributed by atoms with van der Waals surface area (Å²) in [5, 5.41) is 0. The molecule has 1 atom stereocenters. The summed E-state index contributed by atoms with van der Waals surface area (Å²) in [5.41, 5.74) is 6.97. The van der Waals surface area contributed by atoms with Crippen LogP contribution in [0, 0.1) is 0 Å². The van der Waals surface area contributed by atoms with Crippen molar-refractivity contribution in [2.45, 2.75) is 19.4 Å². The molecule has 3 nitrogen and oxygen atoms in total. The first-order valence-corrected chi connectivity index (χ1v) is 4.47. The number of nitrogens with two attached hydrogens (primary N) is 1. The van der Waals surface area contributed by atoms with Crippen molar-refractivity contribution in [3.63, 3.8) is 0 Å². The average Bonchev–Trinajstić information content (AvgIpc) is 2.63. The monoisotopic (exact) mass is 215 g/mol. The van der Waals surface area contributed by atoms with Crippen LogP contribution in [0.2, 0.25) is 0 Å². The zero-order valence-electron chi connectivity index (χ0n) is 8.03. The van der Waals surface area contributed by atoms with E-state index in [1.807, 2.05) is 18.2 Å². The molecule has 78 valence electrons. The Morgan fingerprint density at radius 3 is 2.93 bits per heavy atom. The van der Waals surface area contributed by atoms with Crippen molar-refractivity contribution in [2.24, 2.45) is 5.73 Å². The molecule has 0 saturated heterocycles. The summed E-state index contributed by atoms with van der Waals surface area (Å²) in [6, 6.07) is 5.87. The van der Waals surface area contributed by atoms with Gasteiger partial charge in [-0.15, -0.1) is 12.4 Å². The fraction of sp³-hybridized carbons (Fsp3) is 0.400. The molecule has 0 radical (unpaired) electrons. The second-order valence-electron chi connectivity index (χ2n) is 3.10. The van der Waals surface area contributed by atoms with Gasteiger partial charge in [0.2, 0.25) is 6.79 Å². The second kappa shape index (κ2) is 4.53. The molecule has 0 aromatic heterocycles. The van der Waals surface area contributed by atoms with Crippen LogP contribution in [-0.4, -0.2) is 6.79 Å². The van der Waals surface area contributed by atoms with E-state index in [2.05, 4.69) is 6.92 Å². The first-order chi connectivity index (χ1) is 6.33. The van der Waals surface area contributed by atoms with Crippen LogP contribution in [0.4, 0.5) is 0 Å². The minimum Gasteiger partial charge on any atom is -0.454 e. The summed E-state index contributed by atoms with van der Waals surface area (Å²) in [6.07, 6.45) is 0.903. The zero-order chi connectivity index (χ0) is 9.26. The number of ether oxygens (including phenoxy) is 2. The third-order valence-electron chi connectivity index (χ3n) is 2.27. The van der Waals surface area contributed by atoms with Crippen molar-refractivity contribution in [2.75, 3.05) is 6.79 Å². The number of fused-ring (bicyclic) bond motifs is 1. The zero-order valence-corrected chi connectivity index (χ0v) is 8.84. The van der Waals surface area contributed by atoms with E-state index in [1.54, 1.807) is 0 Å². The number of benzene rings is 1. The second-order valence-corrected chi connectivity index (χ2v) is 3.10. The van der Waals surface area contributed by atoms with E-state index >= 15 is 0 Å². The summed E-state index contributed by atoms with van der Waals surface area (Å²) in [7, 11) is 0. The Hall–Kier alpha value is -0.930. The maximum atomic E-state index is 5.93. The highest BCUT2D eigenvalue weighted by molar-refractivity contribution is 5.85. The lowest BCUT2D eigenvalue weighted by atomic mass is 10.0. The average molecular weight is 216 g/mol. The van der Waals surface area contributed by atoms with Crippen molar-refractivity contribution in [1.29, 1.82) is 0 Å². The standard InChI is InChI=1S/C10H13NO2.ClH/c1-2-8(11)7-4-3-5-9-10(7)13-6-12-9;/h3-5,8H,2,6,11H2,1H3;1H/t8-;/m1./s1. The smallest absolute Gasteiger partial charge is 0.231 e. The van der Waals surface area contributed by atoms with E-state index in [4.69, 9.17) is 15.2 Å². The Kier molecular flexibility index (Phi) is 3.61. The van der Waals surface area contributed by atoms with Gasteiger partial charge in [-0.25, -0.2) is 0 Å². The number of hydrogen-bond acceptors (Lipinski definition) is 3. The Bertz CT molecular complexity index is 317. The number of hydrogen-bond donors (Lipinski definition) is 1. The molecule has 0 bridgehead atoms. The Balaban J connectivity index is 0.000000980. The molecule has 1 aliphatic heterocycles. The Labute approximate surface area is 89.6 Å². The topological polar surface area (TPSA) is 44.5 Å². The third kappa shape index (κ3) is 1.79. The first-order valence-electron chi connectivity index (χ1n) is 4.47. The fourth-order valence-corrected chi connectivity index (χ4v) is 1.46. The summed E-state index contributed by atoms with van der Waals surface area (Å²) < 4.78 is 10.6. The molecule has 1 aliphatic rings. The molecule has 0 amide bonds. The predicted octanol–water partition coefficient (Wildman–Crippen LogP) is 2.25. The van der Waals surface area contributed by atoms with Crippen LogP contribution < -0.4 is 15.2 Å². The highest BCUT2D eigenvalue weighted by Crippen LogP contribution is 2.38. The summed E-state index contributed by atoms with van der Waals surface area (Å²) in [5.74, 6) is 1.62. The van der Waals surface area contributed by atoms with Crippen molar-refractivity contribution >= 4 is 12.4 Å². The lowest BCUT2D eigenvalue weighted by Crippen LogP contribution is -2.09. The molecule has 1 heterocycles. The van der Waals surface area contributed by atoms with Gasteiger partial charge in [-0.05, 0) is 12.5 Å². The molecule has 4 heteroatoms. The van der Waals surface area contributed by atoms with Gasteiger partial charge in [0.15, 0.2) is 11.5 Å². The van der Waals surface area contributed by atoms with Crippen molar-refractivity contribution in [3.8, 4) is 11.5 Å². The summed E-state index contributed by atoms with van der Waals surface area (Å²) >= 11 is 0. The molecule has 14 heavy (non-hydrogen) atoms. The largest absolute Gasteiger partial charge is 0.454 e. The van der Waals surface area contributed by atoms with E-state index in [0.717, 1.165) is 23.5 Å². The molecular formula is C10H14ClNO2. The van der Waals surface area contributed by atoms with Gasteiger partial charge in [0.05, 0.1) is 0 Å². The molecule has 0 unspecified atom stereocenters. The molecular weight excluding hydrogens is 202 g/mol. The van der Waals surface area contributed by atoms with Gasteiger partial charge < -0.3 is 15.2 Å². The van der Waals surface area contributed by atoms with Gasteiger partial charge in [-0.2, -0.15) is 0 Å². The van der Waals surface area contributed by atoms with Crippen molar-refractivity contribution in [3.05, 3.63) is 23.8 Å². The lowest BCUT2D eigenvalue weighted by molar-refractivity contribution is 0.173. The van der Waals surface area contributed by atoms with Crippen molar-refractivity contribution < 1.29 is 9.47 Å². The maximum Gasteiger partial charge on any atom is 0.231 e. The summed E-state index contributed by atoms with van der Waals surface area (Å²) in [6.45, 7) is 2.36. The van der Waals surface area contributed by atoms with Gasteiger partial charge >= 0.3 is 0 Å². The first kappa shape index (κ1) is 11.1. The summed E-state index contributed by atoms with van der Waals surface area (Å²) in [4.78, 5) is 0. The maximum absolute atomic E-state index is 5.93. The van der Waals surface area contributed by atoms with Crippen LogP contribution in [0.1, 0.15) is 24.9 Å². The molecule has 1 aromatic carbocycles. The van der Waals surface area contributed by atoms with Gasteiger partial charge in [0, 0.05) is 11.6 Å². The van der Waals surface area contributed by atoms with Crippen molar-refractivity contribution in [1.82, 2.24) is 0 Å². The molecule has 0 saturated carbocycles. The van der Waals surface area contributed by atoms with E-state index in [0.29, 0.717) is 6.79 Å². The van der Waals surface area contributed by atoms with E-state index in [-0.39, 0.29) is 18.4 Å². The molecule has 2 rings (SSSR count). The minimum absolute atomic E-state index is 0. The third-order valence-corrected chi connectivity index (χ3v) is 2.27. The van der Waals surface area contributed by atoms with Gasteiger partial charge in [0.25, 0.3) is 0 Å². The quantitative estimate of drug-likeness (QED) is 0.823. The minimum atomic E-state index is 0. The highest BCUT2D eigenvalue weighted by atomic mass is 35.5. The number of rotatable bonds is 2. The van der Waals surface area contributed by atoms with Crippen LogP contribution in [0.5, 0.6) is 11.5 Å². The molecule has 1 aromatic rings. The van der Waals surface area contributed by atoms with Crippen LogP contribution in [0.25, 0.3) is 0 Å². The van der Waals surface area contributed by atoms with Gasteiger partial charge in [0.1, 0.15) is 0 Å². The van der Waals surface area contributed by atoms with Crippen LogP contribution in [0.15, 0.2) is 18.2 Å². The van der Waals surface area contributed by atoms with Crippen LogP contribution >= 0.6 is 12.4 Å². The Morgan fingerprint density at radius 1 is 1.43 bits per heavy atom. The SMILES string of the molecule is CC[C@@H](N)c1cccc2c1OCO2.Cl. The molecule has 2 N–H and O–H groups in total. The van der Waals surface area contributed by atoms with E-state index in [1.165, 1.54) is 0 Å². The van der Waals surface area contributed by atoms with E-state index < -0.39 is 0 Å². The Morgan fingerprint density at radius 2 is 2.21 bits per heavy atom. The number of para-hydroxylation sites is 1. The predicted molar refractivity (Wildman–Crippen MR) is 57.0 cm³/mol.